The van der Waals surface area contributed by atoms with Gasteiger partial charge in [0.2, 0.25) is 0 Å². The van der Waals surface area contributed by atoms with Crippen molar-refractivity contribution >= 4 is 11.9 Å². The van der Waals surface area contributed by atoms with E-state index in [1.807, 2.05) is 0 Å². The molecule has 0 fully saturated rings. The van der Waals surface area contributed by atoms with Crippen LogP contribution in [0.3, 0.4) is 0 Å². The van der Waals surface area contributed by atoms with Crippen LogP contribution in [0.15, 0.2) is 30.3 Å². The fraction of sp³-hybridized carbons (Fsp3) is 0.111. The van der Waals surface area contributed by atoms with Crippen molar-refractivity contribution in [2.75, 3.05) is 6.54 Å². The lowest BCUT2D eigenvalue weighted by atomic mass is 10.2. The number of hydrogen-bond acceptors (Lipinski definition) is 4. The van der Waals surface area contributed by atoms with Gasteiger partial charge in [-0.15, -0.1) is 0 Å². The van der Waals surface area contributed by atoms with Crippen molar-refractivity contribution in [1.82, 2.24) is 5.32 Å². The van der Waals surface area contributed by atoms with Crippen molar-refractivity contribution < 1.29 is 14.4 Å². The van der Waals surface area contributed by atoms with Crippen molar-refractivity contribution in [1.29, 1.82) is 0 Å². The molecular weight excluding hydrogens is 184 g/mol. The Morgan fingerprint density at radius 2 is 1.93 bits per heavy atom. The van der Waals surface area contributed by atoms with Gasteiger partial charge in [-0.2, -0.15) is 5.90 Å². The first-order valence-electron chi connectivity index (χ1n) is 3.97. The molecule has 14 heavy (non-hydrogen) atoms. The molecule has 5 nitrogen and oxygen atoms in total. The summed E-state index contributed by atoms with van der Waals surface area (Å²) in [4.78, 5) is 25.8. The molecule has 0 aliphatic carbocycles. The summed E-state index contributed by atoms with van der Waals surface area (Å²) in [6.45, 7) is -0.232. The minimum atomic E-state index is -0.686. The topological polar surface area (TPSA) is 81.4 Å². The highest BCUT2D eigenvalue weighted by molar-refractivity contribution is 5.95. The van der Waals surface area contributed by atoms with E-state index in [1.165, 1.54) is 0 Å². The zero-order valence-corrected chi connectivity index (χ0v) is 7.40. The SMILES string of the molecule is NOC(=O)CNC(=O)c1ccccc1. The van der Waals surface area contributed by atoms with Gasteiger partial charge in [0.05, 0.1) is 0 Å². The van der Waals surface area contributed by atoms with Crippen molar-refractivity contribution in [3.8, 4) is 0 Å². The Hall–Kier alpha value is -1.88. The number of hydrogen-bond donors (Lipinski definition) is 2. The largest absolute Gasteiger partial charge is 0.372 e. The minimum absolute atomic E-state index is 0.232. The van der Waals surface area contributed by atoms with Gasteiger partial charge in [-0.05, 0) is 12.1 Å². The molecule has 0 heterocycles. The van der Waals surface area contributed by atoms with Gasteiger partial charge >= 0.3 is 5.97 Å². The van der Waals surface area contributed by atoms with Gasteiger partial charge in [0.25, 0.3) is 5.91 Å². The van der Waals surface area contributed by atoms with E-state index in [0.717, 1.165) is 0 Å². The fourth-order valence-electron chi connectivity index (χ4n) is 0.886. The molecule has 74 valence electrons. The number of benzene rings is 1. The van der Waals surface area contributed by atoms with E-state index in [-0.39, 0.29) is 12.5 Å². The molecule has 0 aromatic heterocycles. The summed E-state index contributed by atoms with van der Waals surface area (Å²) in [5.74, 6) is 3.57. The lowest BCUT2D eigenvalue weighted by Gasteiger charge is -2.02. The highest BCUT2D eigenvalue weighted by atomic mass is 16.7. The van der Waals surface area contributed by atoms with E-state index in [0.29, 0.717) is 5.56 Å². The number of carbonyl (C=O) groups is 2. The number of nitrogens with one attached hydrogen (secondary N) is 1. The van der Waals surface area contributed by atoms with Crippen LogP contribution in [0, 0.1) is 0 Å². The van der Waals surface area contributed by atoms with Crippen molar-refractivity contribution in [2.24, 2.45) is 5.90 Å². The van der Waals surface area contributed by atoms with Gasteiger partial charge in [-0.3, -0.25) is 4.79 Å². The van der Waals surface area contributed by atoms with Gasteiger partial charge in [0.1, 0.15) is 6.54 Å². The lowest BCUT2D eigenvalue weighted by Crippen LogP contribution is -2.31. The van der Waals surface area contributed by atoms with E-state index in [1.54, 1.807) is 30.3 Å². The van der Waals surface area contributed by atoms with Gasteiger partial charge in [0.15, 0.2) is 0 Å². The summed E-state index contributed by atoms with van der Waals surface area (Å²) in [5, 5.41) is 2.36. The Morgan fingerprint density at radius 1 is 1.29 bits per heavy atom. The normalized spacial score (nSPS) is 9.21. The molecule has 1 aromatic carbocycles. The Kier molecular flexibility index (Phi) is 3.63. The first-order valence-corrected chi connectivity index (χ1v) is 3.97. The Bertz CT molecular complexity index is 324. The second-order valence-corrected chi connectivity index (χ2v) is 2.54. The third kappa shape index (κ3) is 2.87. The third-order valence-electron chi connectivity index (χ3n) is 1.56. The van der Waals surface area contributed by atoms with E-state index in [9.17, 15) is 9.59 Å². The number of carbonyl (C=O) groups excluding carboxylic acids is 2. The summed E-state index contributed by atoms with van der Waals surface area (Å²) in [6, 6.07) is 8.55. The van der Waals surface area contributed by atoms with Gasteiger partial charge in [-0.25, -0.2) is 4.79 Å². The fourth-order valence-corrected chi connectivity index (χ4v) is 0.886. The number of amides is 1. The highest BCUT2D eigenvalue weighted by Gasteiger charge is 2.06. The average Bonchev–Trinajstić information content (AvgIpc) is 2.26. The van der Waals surface area contributed by atoms with Crippen LogP contribution in [0.5, 0.6) is 0 Å². The van der Waals surface area contributed by atoms with E-state index >= 15 is 0 Å². The lowest BCUT2D eigenvalue weighted by molar-refractivity contribution is -0.142. The molecule has 0 spiro atoms. The standard InChI is InChI=1S/C9H10N2O3/c10-14-8(12)6-11-9(13)7-4-2-1-3-5-7/h1-5H,6,10H2,(H,11,13). The second-order valence-electron chi connectivity index (χ2n) is 2.54. The second kappa shape index (κ2) is 4.98. The maximum absolute atomic E-state index is 11.3. The van der Waals surface area contributed by atoms with Crippen LogP contribution < -0.4 is 11.2 Å². The van der Waals surface area contributed by atoms with Crippen LogP contribution in [-0.4, -0.2) is 18.4 Å². The van der Waals surface area contributed by atoms with E-state index in [4.69, 9.17) is 0 Å². The Morgan fingerprint density at radius 3 is 2.50 bits per heavy atom. The Labute approximate surface area is 80.8 Å². The zero-order valence-electron chi connectivity index (χ0n) is 7.40. The molecule has 0 aliphatic heterocycles. The number of rotatable bonds is 3. The molecule has 0 radical (unpaired) electrons. The summed E-state index contributed by atoms with van der Waals surface area (Å²) in [5.41, 5.74) is 0.484. The molecule has 1 aromatic rings. The molecule has 1 rings (SSSR count). The molecule has 3 N–H and O–H groups in total. The maximum Gasteiger partial charge on any atom is 0.343 e. The van der Waals surface area contributed by atoms with Crippen molar-refractivity contribution in [3.05, 3.63) is 35.9 Å². The minimum Gasteiger partial charge on any atom is -0.372 e. The predicted molar refractivity (Wildman–Crippen MR) is 49.1 cm³/mol. The molecule has 0 saturated heterocycles. The summed E-state index contributed by atoms with van der Waals surface area (Å²) < 4.78 is 0. The van der Waals surface area contributed by atoms with Crippen molar-refractivity contribution in [3.63, 3.8) is 0 Å². The summed E-state index contributed by atoms with van der Waals surface area (Å²) in [6.07, 6.45) is 0. The molecule has 1 amide bonds. The van der Waals surface area contributed by atoms with Gasteiger partial charge in [0, 0.05) is 5.56 Å². The molecule has 0 atom stereocenters. The molecule has 0 bridgehead atoms. The monoisotopic (exact) mass is 194 g/mol. The van der Waals surface area contributed by atoms with Gasteiger partial charge in [-0.1, -0.05) is 18.2 Å². The first-order chi connectivity index (χ1) is 6.74. The van der Waals surface area contributed by atoms with E-state index < -0.39 is 5.97 Å². The zero-order chi connectivity index (χ0) is 10.4. The molecule has 5 heteroatoms. The van der Waals surface area contributed by atoms with Crippen LogP contribution >= 0.6 is 0 Å². The summed E-state index contributed by atoms with van der Waals surface area (Å²) >= 11 is 0. The smallest absolute Gasteiger partial charge is 0.343 e. The van der Waals surface area contributed by atoms with Crippen LogP contribution in [-0.2, 0) is 9.63 Å². The predicted octanol–water partition coefficient (Wildman–Crippen LogP) is -0.167. The quantitative estimate of drug-likeness (QED) is 0.655. The van der Waals surface area contributed by atoms with Crippen LogP contribution in [0.1, 0.15) is 10.4 Å². The summed E-state index contributed by atoms with van der Waals surface area (Å²) in [7, 11) is 0. The molecule has 0 saturated carbocycles. The third-order valence-corrected chi connectivity index (χ3v) is 1.56. The first kappa shape index (κ1) is 10.2. The van der Waals surface area contributed by atoms with Crippen molar-refractivity contribution in [2.45, 2.75) is 0 Å². The Balaban J connectivity index is 2.48. The van der Waals surface area contributed by atoms with Gasteiger partial charge < -0.3 is 10.2 Å². The maximum atomic E-state index is 11.3. The molecule has 0 aliphatic rings. The van der Waals surface area contributed by atoms with Crippen LogP contribution in [0.25, 0.3) is 0 Å². The molecular formula is C9H10N2O3. The highest BCUT2D eigenvalue weighted by Crippen LogP contribution is 1.97. The van der Waals surface area contributed by atoms with Crippen LogP contribution in [0.2, 0.25) is 0 Å². The van der Waals surface area contributed by atoms with Crippen LogP contribution in [0.4, 0.5) is 0 Å². The average molecular weight is 194 g/mol. The van der Waals surface area contributed by atoms with E-state index in [2.05, 4.69) is 16.1 Å². The number of nitrogens with two attached hydrogens (primary N) is 1. The molecule has 0 unspecified atom stereocenters.